The Balaban J connectivity index is 2.09. The molecule has 0 saturated heterocycles. The highest BCUT2D eigenvalue weighted by Crippen LogP contribution is 2.34. The van der Waals surface area contributed by atoms with E-state index in [0.717, 1.165) is 27.6 Å². The summed E-state index contributed by atoms with van der Waals surface area (Å²) in [5.74, 6) is -0.845. The minimum atomic E-state index is -0.845. The zero-order chi connectivity index (χ0) is 16.9. The molecule has 5 heteroatoms. The van der Waals surface area contributed by atoms with E-state index in [2.05, 4.69) is 16.4 Å². The second kappa shape index (κ2) is 6.80. The van der Waals surface area contributed by atoms with Gasteiger partial charge in [0.05, 0.1) is 18.1 Å². The van der Waals surface area contributed by atoms with Gasteiger partial charge in [0.2, 0.25) is 0 Å². The van der Waals surface area contributed by atoms with Crippen LogP contribution in [0.25, 0.3) is 21.9 Å². The summed E-state index contributed by atoms with van der Waals surface area (Å²) in [4.78, 5) is 14.9. The van der Waals surface area contributed by atoms with Crippen molar-refractivity contribution >= 4 is 22.4 Å². The minimum Gasteiger partial charge on any atom is -0.481 e. The van der Waals surface area contributed by atoms with Crippen LogP contribution in [-0.4, -0.2) is 22.6 Å². The number of pyridine rings is 1. The number of benzene rings is 2. The first kappa shape index (κ1) is 15.5. The highest BCUT2D eigenvalue weighted by molar-refractivity contribution is 6.01. The van der Waals surface area contributed by atoms with Gasteiger partial charge >= 0.3 is 5.97 Å². The molecule has 0 amide bonds. The molecule has 1 aromatic heterocycles. The number of fused-ring (bicyclic) bond motifs is 1. The lowest BCUT2D eigenvalue weighted by molar-refractivity contribution is -0.136. The van der Waals surface area contributed by atoms with Crippen LogP contribution in [0.4, 0.5) is 5.69 Å². The molecule has 0 aliphatic carbocycles. The van der Waals surface area contributed by atoms with Crippen LogP contribution >= 0.6 is 0 Å². The van der Waals surface area contributed by atoms with E-state index in [1.165, 1.54) is 0 Å². The molecular formula is C19H15N3O2. The second-order valence-electron chi connectivity index (χ2n) is 5.31. The number of carbonyl (C=O) groups is 1. The van der Waals surface area contributed by atoms with Gasteiger partial charge in [-0.1, -0.05) is 30.3 Å². The van der Waals surface area contributed by atoms with Crippen molar-refractivity contribution in [3.63, 3.8) is 0 Å². The number of hydrogen-bond donors (Lipinski definition) is 2. The average molecular weight is 317 g/mol. The molecule has 0 unspecified atom stereocenters. The van der Waals surface area contributed by atoms with Crippen molar-refractivity contribution in [1.29, 1.82) is 5.26 Å². The maximum atomic E-state index is 10.7. The molecular weight excluding hydrogens is 302 g/mol. The molecule has 24 heavy (non-hydrogen) atoms. The number of nitrogens with one attached hydrogen (secondary N) is 1. The quantitative estimate of drug-likeness (QED) is 0.750. The van der Waals surface area contributed by atoms with Crippen molar-refractivity contribution in [3.05, 3.63) is 60.4 Å². The van der Waals surface area contributed by atoms with Crippen LogP contribution in [-0.2, 0) is 4.79 Å². The van der Waals surface area contributed by atoms with Gasteiger partial charge in [-0.05, 0) is 23.1 Å². The second-order valence-corrected chi connectivity index (χ2v) is 5.31. The van der Waals surface area contributed by atoms with Crippen LogP contribution in [0.5, 0.6) is 0 Å². The number of nitrogens with zero attached hydrogens (tertiary/aromatic N) is 2. The molecule has 0 atom stereocenters. The van der Waals surface area contributed by atoms with Gasteiger partial charge in [0.1, 0.15) is 0 Å². The lowest BCUT2D eigenvalue weighted by Crippen LogP contribution is -2.08. The summed E-state index contributed by atoms with van der Waals surface area (Å²) < 4.78 is 0. The summed E-state index contributed by atoms with van der Waals surface area (Å²) in [7, 11) is 0. The monoisotopic (exact) mass is 317 g/mol. The number of aliphatic carboxylic acids is 1. The first-order valence-electron chi connectivity index (χ1n) is 7.52. The third-order valence-corrected chi connectivity index (χ3v) is 3.81. The fraction of sp³-hybridized carbons (Fsp3) is 0.105. The highest BCUT2D eigenvalue weighted by atomic mass is 16.4. The average Bonchev–Trinajstić information content (AvgIpc) is 2.61. The number of carboxylic acids is 1. The Labute approximate surface area is 139 Å². The lowest BCUT2D eigenvalue weighted by Gasteiger charge is -2.13. The van der Waals surface area contributed by atoms with Gasteiger partial charge in [0.25, 0.3) is 0 Å². The third-order valence-electron chi connectivity index (χ3n) is 3.81. The van der Waals surface area contributed by atoms with Crippen molar-refractivity contribution in [2.45, 2.75) is 6.42 Å². The Morgan fingerprint density at radius 1 is 1.12 bits per heavy atom. The minimum absolute atomic E-state index is 0.0376. The van der Waals surface area contributed by atoms with Crippen LogP contribution in [0, 0.1) is 11.3 Å². The molecule has 0 radical (unpaired) electrons. The fourth-order valence-corrected chi connectivity index (χ4v) is 2.70. The Morgan fingerprint density at radius 3 is 2.67 bits per heavy atom. The van der Waals surface area contributed by atoms with Crippen molar-refractivity contribution in [1.82, 2.24) is 4.98 Å². The molecule has 5 nitrogen and oxygen atoms in total. The maximum absolute atomic E-state index is 10.7. The predicted molar refractivity (Wildman–Crippen MR) is 92.6 cm³/mol. The SMILES string of the molecule is N#Cc1ccc(-c2cnccc2NCCC(=O)O)c2ccccc12. The van der Waals surface area contributed by atoms with E-state index in [1.807, 2.05) is 36.4 Å². The number of anilines is 1. The van der Waals surface area contributed by atoms with E-state index in [1.54, 1.807) is 18.5 Å². The van der Waals surface area contributed by atoms with Crippen molar-refractivity contribution in [2.75, 3.05) is 11.9 Å². The van der Waals surface area contributed by atoms with Gasteiger partial charge in [-0.3, -0.25) is 9.78 Å². The molecule has 0 fully saturated rings. The smallest absolute Gasteiger partial charge is 0.305 e. The van der Waals surface area contributed by atoms with E-state index in [9.17, 15) is 10.1 Å². The van der Waals surface area contributed by atoms with E-state index >= 15 is 0 Å². The predicted octanol–water partition coefficient (Wildman–Crippen LogP) is 3.66. The zero-order valence-corrected chi connectivity index (χ0v) is 12.9. The van der Waals surface area contributed by atoms with Gasteiger partial charge in [0.15, 0.2) is 0 Å². The van der Waals surface area contributed by atoms with Gasteiger partial charge in [-0.2, -0.15) is 5.26 Å². The summed E-state index contributed by atoms with van der Waals surface area (Å²) in [5.41, 5.74) is 3.28. The molecule has 3 rings (SSSR count). The summed E-state index contributed by atoms with van der Waals surface area (Å²) in [6.45, 7) is 0.334. The number of hydrogen-bond acceptors (Lipinski definition) is 4. The van der Waals surface area contributed by atoms with Crippen molar-refractivity contribution in [3.8, 4) is 17.2 Å². The molecule has 0 aliphatic rings. The van der Waals surface area contributed by atoms with Crippen LogP contribution in [0.15, 0.2) is 54.9 Å². The molecule has 0 bridgehead atoms. The Morgan fingerprint density at radius 2 is 1.92 bits per heavy atom. The summed E-state index contributed by atoms with van der Waals surface area (Å²) >= 11 is 0. The van der Waals surface area contributed by atoms with Gasteiger partial charge in [0, 0.05) is 35.6 Å². The third kappa shape index (κ3) is 3.03. The van der Waals surface area contributed by atoms with Gasteiger partial charge in [-0.25, -0.2) is 0 Å². The molecule has 2 N–H and O–H groups in total. The number of nitriles is 1. The molecule has 1 heterocycles. The first-order valence-corrected chi connectivity index (χ1v) is 7.52. The largest absolute Gasteiger partial charge is 0.481 e. The molecule has 0 saturated carbocycles. The summed E-state index contributed by atoms with van der Waals surface area (Å²) in [6.07, 6.45) is 3.45. The summed E-state index contributed by atoms with van der Waals surface area (Å²) in [5, 5.41) is 23.1. The van der Waals surface area contributed by atoms with E-state index in [4.69, 9.17) is 5.11 Å². The Hall–Kier alpha value is -3.39. The Bertz CT molecular complexity index is 945. The topological polar surface area (TPSA) is 86.0 Å². The zero-order valence-electron chi connectivity index (χ0n) is 12.9. The van der Waals surface area contributed by atoms with Crippen LogP contribution in [0.1, 0.15) is 12.0 Å². The van der Waals surface area contributed by atoms with Crippen LogP contribution in [0.2, 0.25) is 0 Å². The van der Waals surface area contributed by atoms with Crippen molar-refractivity contribution in [2.24, 2.45) is 0 Å². The standard InChI is InChI=1S/C19H15N3O2/c20-11-13-5-6-16(15-4-2-1-3-14(13)15)17-12-21-9-7-18(17)22-10-8-19(23)24/h1-7,9,12H,8,10H2,(H,21,22)(H,23,24). The van der Waals surface area contributed by atoms with Crippen molar-refractivity contribution < 1.29 is 9.90 Å². The van der Waals surface area contributed by atoms with E-state index in [-0.39, 0.29) is 6.42 Å². The van der Waals surface area contributed by atoms with Gasteiger partial charge in [-0.15, -0.1) is 0 Å². The fourth-order valence-electron chi connectivity index (χ4n) is 2.70. The first-order chi connectivity index (χ1) is 11.7. The molecule has 0 spiro atoms. The van der Waals surface area contributed by atoms with E-state index in [0.29, 0.717) is 12.1 Å². The number of aromatic nitrogens is 1. The van der Waals surface area contributed by atoms with E-state index < -0.39 is 5.97 Å². The molecule has 2 aromatic carbocycles. The maximum Gasteiger partial charge on any atom is 0.305 e. The normalized spacial score (nSPS) is 10.3. The lowest BCUT2D eigenvalue weighted by atomic mass is 9.95. The van der Waals surface area contributed by atoms with Crippen LogP contribution in [0.3, 0.4) is 0 Å². The highest BCUT2D eigenvalue weighted by Gasteiger charge is 2.11. The number of rotatable bonds is 5. The number of carboxylic acid groups (broad SMARTS) is 1. The van der Waals surface area contributed by atoms with Crippen LogP contribution < -0.4 is 5.32 Å². The molecule has 0 aliphatic heterocycles. The van der Waals surface area contributed by atoms with Gasteiger partial charge < -0.3 is 10.4 Å². The molecule has 3 aromatic rings. The Kier molecular flexibility index (Phi) is 4.39. The summed E-state index contributed by atoms with van der Waals surface area (Å²) in [6, 6.07) is 15.5. The molecule has 118 valence electrons.